The van der Waals surface area contributed by atoms with Crippen molar-refractivity contribution >= 4 is 12.1 Å². The first-order chi connectivity index (χ1) is 9.26. The molecule has 0 aromatic carbocycles. The number of carbonyl (C=O) groups is 2. The smallest absolute Gasteiger partial charge is 0.410 e. The molecule has 0 bridgehead atoms. The average molecular weight is 284 g/mol. The van der Waals surface area contributed by atoms with Crippen LogP contribution in [0.1, 0.15) is 34.1 Å². The number of ether oxygens (including phenoxy) is 2. The third-order valence-corrected chi connectivity index (χ3v) is 3.55. The minimum atomic E-state index is -0.473. The van der Waals surface area contributed by atoms with E-state index >= 15 is 0 Å². The van der Waals surface area contributed by atoms with Crippen LogP contribution in [0.25, 0.3) is 0 Å². The Morgan fingerprint density at radius 3 is 2.30 bits per heavy atom. The third-order valence-electron chi connectivity index (χ3n) is 3.55. The minimum Gasteiger partial charge on any atom is -0.461 e. The van der Waals surface area contributed by atoms with Crippen molar-refractivity contribution in [1.82, 2.24) is 9.80 Å². The Kier molecular flexibility index (Phi) is 4.22. The van der Waals surface area contributed by atoms with E-state index in [2.05, 4.69) is 4.90 Å². The Balaban J connectivity index is 1.83. The van der Waals surface area contributed by atoms with Gasteiger partial charge in [0.2, 0.25) is 0 Å². The Morgan fingerprint density at radius 1 is 1.25 bits per heavy atom. The predicted octanol–water partition coefficient (Wildman–Crippen LogP) is 1.24. The lowest BCUT2D eigenvalue weighted by atomic mass is 10.1. The summed E-state index contributed by atoms with van der Waals surface area (Å²) in [6.07, 6.45) is 0.460. The molecule has 114 valence electrons. The topological polar surface area (TPSA) is 59.1 Å². The van der Waals surface area contributed by atoms with Crippen molar-refractivity contribution in [2.24, 2.45) is 0 Å². The molecule has 2 fully saturated rings. The van der Waals surface area contributed by atoms with E-state index in [1.807, 2.05) is 27.7 Å². The zero-order valence-electron chi connectivity index (χ0n) is 12.7. The van der Waals surface area contributed by atoms with Crippen LogP contribution >= 0.6 is 0 Å². The van der Waals surface area contributed by atoms with E-state index in [1.165, 1.54) is 0 Å². The third kappa shape index (κ3) is 3.62. The summed E-state index contributed by atoms with van der Waals surface area (Å²) in [6.45, 7) is 10.0. The van der Waals surface area contributed by atoms with Crippen LogP contribution < -0.4 is 0 Å². The molecular weight excluding hydrogens is 260 g/mol. The highest BCUT2D eigenvalue weighted by atomic mass is 16.6. The van der Waals surface area contributed by atoms with Crippen molar-refractivity contribution in [3.8, 4) is 0 Å². The van der Waals surface area contributed by atoms with Gasteiger partial charge in [-0.3, -0.25) is 9.69 Å². The molecule has 2 atom stereocenters. The van der Waals surface area contributed by atoms with Crippen LogP contribution in [-0.2, 0) is 14.3 Å². The number of hydrogen-bond donors (Lipinski definition) is 0. The average Bonchev–Trinajstić information content (AvgIpc) is 2.66. The zero-order valence-corrected chi connectivity index (χ0v) is 12.7. The molecule has 2 aliphatic rings. The maximum absolute atomic E-state index is 12.0. The standard InChI is InChI=1S/C14H24N2O4/c1-10-9-11(12(17)19-10)15-5-7-16(8-6-15)13(18)20-14(2,3)4/h10-11H,5-9H2,1-4H3. The molecule has 0 saturated carbocycles. The summed E-state index contributed by atoms with van der Waals surface area (Å²) in [4.78, 5) is 27.5. The first-order valence-corrected chi connectivity index (χ1v) is 7.19. The van der Waals surface area contributed by atoms with Gasteiger partial charge in [-0.15, -0.1) is 0 Å². The van der Waals surface area contributed by atoms with Gasteiger partial charge in [0.05, 0.1) is 0 Å². The molecule has 2 unspecified atom stereocenters. The Morgan fingerprint density at radius 2 is 1.85 bits per heavy atom. The maximum Gasteiger partial charge on any atom is 0.410 e. The highest BCUT2D eigenvalue weighted by Crippen LogP contribution is 2.21. The Labute approximate surface area is 120 Å². The largest absolute Gasteiger partial charge is 0.461 e. The van der Waals surface area contributed by atoms with Crippen LogP contribution in [0, 0.1) is 0 Å². The highest BCUT2D eigenvalue weighted by Gasteiger charge is 2.38. The van der Waals surface area contributed by atoms with E-state index < -0.39 is 5.60 Å². The van der Waals surface area contributed by atoms with E-state index in [1.54, 1.807) is 4.90 Å². The summed E-state index contributed by atoms with van der Waals surface area (Å²) < 4.78 is 10.5. The van der Waals surface area contributed by atoms with Gasteiger partial charge in [-0.05, 0) is 27.7 Å². The number of rotatable bonds is 1. The number of nitrogens with zero attached hydrogens (tertiary/aromatic N) is 2. The summed E-state index contributed by atoms with van der Waals surface area (Å²) >= 11 is 0. The van der Waals surface area contributed by atoms with E-state index in [0.717, 1.165) is 6.42 Å². The number of hydrogen-bond acceptors (Lipinski definition) is 5. The number of piperazine rings is 1. The van der Waals surface area contributed by atoms with Crippen LogP contribution in [0.3, 0.4) is 0 Å². The van der Waals surface area contributed by atoms with E-state index in [9.17, 15) is 9.59 Å². The molecule has 2 saturated heterocycles. The normalized spacial score (nSPS) is 28.4. The van der Waals surface area contributed by atoms with Crippen molar-refractivity contribution in [2.45, 2.75) is 51.9 Å². The summed E-state index contributed by atoms with van der Waals surface area (Å²) in [6, 6.07) is -0.147. The second kappa shape index (κ2) is 5.60. The van der Waals surface area contributed by atoms with Gasteiger partial charge in [-0.25, -0.2) is 4.79 Å². The molecule has 0 aromatic rings. The highest BCUT2D eigenvalue weighted by molar-refractivity contribution is 5.78. The quantitative estimate of drug-likeness (QED) is 0.678. The molecular formula is C14H24N2O4. The van der Waals surface area contributed by atoms with Gasteiger partial charge >= 0.3 is 12.1 Å². The molecule has 0 aliphatic carbocycles. The monoisotopic (exact) mass is 284 g/mol. The lowest BCUT2D eigenvalue weighted by Crippen LogP contribution is -2.53. The molecule has 6 heteroatoms. The molecule has 1 amide bonds. The van der Waals surface area contributed by atoms with Crippen LogP contribution in [0.15, 0.2) is 0 Å². The molecule has 2 rings (SSSR count). The van der Waals surface area contributed by atoms with Gasteiger partial charge < -0.3 is 14.4 Å². The van der Waals surface area contributed by atoms with Gasteiger partial charge in [0.1, 0.15) is 17.7 Å². The Bertz CT molecular complexity index is 383. The van der Waals surface area contributed by atoms with Gasteiger partial charge in [0.15, 0.2) is 0 Å². The lowest BCUT2D eigenvalue weighted by molar-refractivity contribution is -0.145. The van der Waals surface area contributed by atoms with Crippen LogP contribution in [0.2, 0.25) is 0 Å². The molecule has 0 spiro atoms. The molecule has 6 nitrogen and oxygen atoms in total. The molecule has 0 radical (unpaired) electrons. The van der Waals surface area contributed by atoms with Crippen LogP contribution in [0.4, 0.5) is 4.79 Å². The zero-order chi connectivity index (χ0) is 14.9. The SMILES string of the molecule is CC1CC(N2CCN(C(=O)OC(C)(C)C)CC2)C(=O)O1. The van der Waals surface area contributed by atoms with E-state index in [0.29, 0.717) is 26.2 Å². The first kappa shape index (κ1) is 15.1. The van der Waals surface area contributed by atoms with Crippen molar-refractivity contribution in [1.29, 1.82) is 0 Å². The summed E-state index contributed by atoms with van der Waals surface area (Å²) in [5.41, 5.74) is -0.473. The number of amides is 1. The fraction of sp³-hybridized carbons (Fsp3) is 0.857. The molecule has 0 aromatic heterocycles. The summed E-state index contributed by atoms with van der Waals surface area (Å²) in [7, 11) is 0. The Hall–Kier alpha value is -1.30. The predicted molar refractivity (Wildman–Crippen MR) is 73.3 cm³/mol. The molecule has 2 heterocycles. The number of cyclic esters (lactones) is 1. The van der Waals surface area contributed by atoms with Crippen LogP contribution in [-0.4, -0.2) is 65.8 Å². The molecule has 2 aliphatic heterocycles. The van der Waals surface area contributed by atoms with Crippen molar-refractivity contribution in [3.63, 3.8) is 0 Å². The lowest BCUT2D eigenvalue weighted by Gasteiger charge is -2.37. The number of carbonyl (C=O) groups excluding carboxylic acids is 2. The second-order valence-electron chi connectivity index (χ2n) is 6.50. The van der Waals surface area contributed by atoms with Crippen molar-refractivity contribution < 1.29 is 19.1 Å². The van der Waals surface area contributed by atoms with E-state index in [4.69, 9.17) is 9.47 Å². The van der Waals surface area contributed by atoms with Gasteiger partial charge in [-0.1, -0.05) is 0 Å². The van der Waals surface area contributed by atoms with E-state index in [-0.39, 0.29) is 24.2 Å². The van der Waals surface area contributed by atoms with Gasteiger partial charge in [0, 0.05) is 32.6 Å². The van der Waals surface area contributed by atoms with Crippen molar-refractivity contribution in [3.05, 3.63) is 0 Å². The molecule has 0 N–H and O–H groups in total. The first-order valence-electron chi connectivity index (χ1n) is 7.19. The maximum atomic E-state index is 12.0. The molecule has 20 heavy (non-hydrogen) atoms. The summed E-state index contributed by atoms with van der Waals surface area (Å²) in [5, 5.41) is 0. The number of esters is 1. The minimum absolute atomic E-state index is 0.00335. The van der Waals surface area contributed by atoms with Gasteiger partial charge in [0.25, 0.3) is 0 Å². The fourth-order valence-corrected chi connectivity index (χ4v) is 2.58. The second-order valence-corrected chi connectivity index (χ2v) is 6.50. The fourth-order valence-electron chi connectivity index (χ4n) is 2.58. The van der Waals surface area contributed by atoms with Gasteiger partial charge in [-0.2, -0.15) is 0 Å². The van der Waals surface area contributed by atoms with Crippen molar-refractivity contribution in [2.75, 3.05) is 26.2 Å². The van der Waals surface area contributed by atoms with Crippen LogP contribution in [0.5, 0.6) is 0 Å². The summed E-state index contributed by atoms with van der Waals surface area (Å²) in [5.74, 6) is -0.136.